The van der Waals surface area contributed by atoms with Gasteiger partial charge in [0, 0.05) is 12.1 Å². The average Bonchev–Trinajstić information content (AvgIpc) is 2.77. The third-order valence-electron chi connectivity index (χ3n) is 4.69. The van der Waals surface area contributed by atoms with Crippen molar-refractivity contribution in [1.29, 1.82) is 0 Å². The molecule has 0 aliphatic carbocycles. The van der Waals surface area contributed by atoms with E-state index in [4.69, 9.17) is 14.2 Å². The highest BCUT2D eigenvalue weighted by Gasteiger charge is 2.28. The third kappa shape index (κ3) is 6.04. The Morgan fingerprint density at radius 1 is 1.03 bits per heavy atom. The molecule has 2 rings (SSSR count). The number of hydrogen-bond acceptors (Lipinski definition) is 6. The van der Waals surface area contributed by atoms with E-state index < -0.39 is 15.9 Å². The molecule has 0 saturated heterocycles. The van der Waals surface area contributed by atoms with Crippen molar-refractivity contribution >= 4 is 21.6 Å². The maximum atomic E-state index is 13.5. The molecule has 170 valence electrons. The number of nitrogens with one attached hydrogen (secondary N) is 1. The Labute approximate surface area is 184 Å². The number of nitrogens with zero attached hydrogens (tertiary/aromatic N) is 1. The molecule has 0 aliphatic heterocycles. The van der Waals surface area contributed by atoms with Crippen molar-refractivity contribution < 1.29 is 27.4 Å². The van der Waals surface area contributed by atoms with E-state index in [0.29, 0.717) is 23.8 Å². The summed E-state index contributed by atoms with van der Waals surface area (Å²) in [5, 5.41) is 2.81. The van der Waals surface area contributed by atoms with Crippen molar-refractivity contribution in [3.05, 3.63) is 42.5 Å². The lowest BCUT2D eigenvalue weighted by atomic mass is 10.2. The molecule has 0 unspecified atom stereocenters. The van der Waals surface area contributed by atoms with Gasteiger partial charge < -0.3 is 19.5 Å². The number of carbonyl (C=O) groups excluding carboxylic acids is 1. The molecular weight excluding hydrogens is 420 g/mol. The van der Waals surface area contributed by atoms with Gasteiger partial charge in [-0.3, -0.25) is 9.10 Å². The predicted molar refractivity (Wildman–Crippen MR) is 120 cm³/mol. The fourth-order valence-electron chi connectivity index (χ4n) is 2.85. The fraction of sp³-hybridized carbons (Fsp3) is 0.409. The summed E-state index contributed by atoms with van der Waals surface area (Å²) in [6.45, 7) is 5.79. The summed E-state index contributed by atoms with van der Waals surface area (Å²) in [6, 6.07) is 10.8. The summed E-state index contributed by atoms with van der Waals surface area (Å²) < 4.78 is 44.0. The zero-order valence-corrected chi connectivity index (χ0v) is 19.4. The summed E-state index contributed by atoms with van der Waals surface area (Å²) in [5.74, 6) is 0.897. The number of methoxy groups -OCH3 is 2. The number of hydrogen-bond donors (Lipinski definition) is 1. The number of anilines is 1. The number of sulfonamides is 1. The molecule has 1 amide bonds. The summed E-state index contributed by atoms with van der Waals surface area (Å²) >= 11 is 0. The lowest BCUT2D eigenvalue weighted by Gasteiger charge is -2.25. The number of benzene rings is 2. The van der Waals surface area contributed by atoms with Gasteiger partial charge in [-0.25, -0.2) is 8.42 Å². The van der Waals surface area contributed by atoms with Crippen molar-refractivity contribution in [2.45, 2.75) is 38.1 Å². The van der Waals surface area contributed by atoms with Gasteiger partial charge >= 0.3 is 0 Å². The first-order valence-electron chi connectivity index (χ1n) is 10.0. The molecule has 1 atom stereocenters. The third-order valence-corrected chi connectivity index (χ3v) is 6.46. The predicted octanol–water partition coefficient (Wildman–Crippen LogP) is 3.21. The highest BCUT2D eigenvalue weighted by molar-refractivity contribution is 7.92. The van der Waals surface area contributed by atoms with Gasteiger partial charge in [0.25, 0.3) is 10.0 Å². The minimum Gasteiger partial charge on any atom is -0.494 e. The largest absolute Gasteiger partial charge is 0.494 e. The Morgan fingerprint density at radius 2 is 1.68 bits per heavy atom. The van der Waals surface area contributed by atoms with Gasteiger partial charge in [-0.05, 0) is 56.7 Å². The number of carbonyl (C=O) groups is 1. The van der Waals surface area contributed by atoms with E-state index in [2.05, 4.69) is 5.32 Å². The van der Waals surface area contributed by atoms with E-state index in [1.54, 1.807) is 24.3 Å². The zero-order chi connectivity index (χ0) is 23.0. The standard InChI is InChI=1S/C22H30N2O6S/c1-6-16(3)23-22(25)15-24(17-8-10-18(11-9-17)30-7-2)31(26,27)19-12-13-20(28-4)21(14-19)29-5/h8-14,16H,6-7,15H2,1-5H3,(H,23,25)/t16-/m0/s1. The Bertz CT molecular complexity index is 976. The van der Waals surface area contributed by atoms with Crippen LogP contribution in [0.5, 0.6) is 17.2 Å². The second-order valence-corrected chi connectivity index (χ2v) is 8.69. The summed E-state index contributed by atoms with van der Waals surface area (Å²) in [4.78, 5) is 12.6. The normalized spacial score (nSPS) is 12.0. The second kappa shape index (κ2) is 10.9. The average molecular weight is 451 g/mol. The molecule has 0 heterocycles. The zero-order valence-electron chi connectivity index (χ0n) is 18.5. The smallest absolute Gasteiger partial charge is 0.264 e. The van der Waals surface area contributed by atoms with Crippen LogP contribution in [0, 0.1) is 0 Å². The van der Waals surface area contributed by atoms with Crippen LogP contribution < -0.4 is 23.8 Å². The lowest BCUT2D eigenvalue weighted by molar-refractivity contribution is -0.120. The van der Waals surface area contributed by atoms with Crippen molar-refractivity contribution in [2.75, 3.05) is 31.7 Å². The van der Waals surface area contributed by atoms with Gasteiger partial charge in [0.2, 0.25) is 5.91 Å². The minimum atomic E-state index is -4.08. The van der Waals surface area contributed by atoms with Crippen LogP contribution in [0.1, 0.15) is 27.2 Å². The molecule has 0 radical (unpaired) electrons. The van der Waals surface area contributed by atoms with E-state index in [1.807, 2.05) is 20.8 Å². The molecular formula is C22H30N2O6S. The van der Waals surface area contributed by atoms with Crippen LogP contribution >= 0.6 is 0 Å². The Balaban J connectivity index is 2.48. The van der Waals surface area contributed by atoms with E-state index in [9.17, 15) is 13.2 Å². The molecule has 0 aliphatic rings. The number of rotatable bonds is 11. The van der Waals surface area contributed by atoms with Crippen LogP contribution in [-0.4, -0.2) is 47.7 Å². The molecule has 31 heavy (non-hydrogen) atoms. The number of amides is 1. The van der Waals surface area contributed by atoms with Gasteiger partial charge in [-0.1, -0.05) is 6.92 Å². The molecule has 8 nitrogen and oxygen atoms in total. The van der Waals surface area contributed by atoms with Gasteiger partial charge in [-0.15, -0.1) is 0 Å². The molecule has 9 heteroatoms. The molecule has 2 aromatic rings. The maximum absolute atomic E-state index is 13.5. The SMILES string of the molecule is CCOc1ccc(N(CC(=O)N[C@@H](C)CC)S(=O)(=O)c2ccc(OC)c(OC)c2)cc1. The highest BCUT2D eigenvalue weighted by atomic mass is 32.2. The van der Waals surface area contributed by atoms with Crippen LogP contribution in [0.15, 0.2) is 47.4 Å². The van der Waals surface area contributed by atoms with Crippen LogP contribution in [0.2, 0.25) is 0 Å². The molecule has 0 aromatic heterocycles. The van der Waals surface area contributed by atoms with Crippen molar-refractivity contribution in [3.8, 4) is 17.2 Å². The van der Waals surface area contributed by atoms with Crippen molar-refractivity contribution in [1.82, 2.24) is 5.32 Å². The Morgan fingerprint density at radius 3 is 2.23 bits per heavy atom. The molecule has 0 saturated carbocycles. The van der Waals surface area contributed by atoms with Gasteiger partial charge in [0.15, 0.2) is 11.5 Å². The van der Waals surface area contributed by atoms with Crippen molar-refractivity contribution in [2.24, 2.45) is 0 Å². The van der Waals surface area contributed by atoms with E-state index in [0.717, 1.165) is 10.7 Å². The first kappa shape index (κ1) is 24.3. The van der Waals surface area contributed by atoms with Crippen LogP contribution in [0.25, 0.3) is 0 Å². The first-order valence-corrected chi connectivity index (χ1v) is 11.5. The fourth-order valence-corrected chi connectivity index (χ4v) is 4.28. The number of ether oxygens (including phenoxy) is 3. The van der Waals surface area contributed by atoms with Gasteiger partial charge in [0.1, 0.15) is 12.3 Å². The van der Waals surface area contributed by atoms with Gasteiger partial charge in [0.05, 0.1) is 31.4 Å². The van der Waals surface area contributed by atoms with Crippen LogP contribution in [0.4, 0.5) is 5.69 Å². The Kier molecular flexibility index (Phi) is 8.56. The second-order valence-electron chi connectivity index (χ2n) is 6.83. The maximum Gasteiger partial charge on any atom is 0.264 e. The first-order chi connectivity index (χ1) is 14.8. The summed E-state index contributed by atoms with van der Waals surface area (Å²) in [5.41, 5.74) is 0.345. The van der Waals surface area contributed by atoms with Crippen molar-refractivity contribution in [3.63, 3.8) is 0 Å². The van der Waals surface area contributed by atoms with E-state index in [1.165, 1.54) is 32.4 Å². The lowest BCUT2D eigenvalue weighted by Crippen LogP contribution is -2.43. The quantitative estimate of drug-likeness (QED) is 0.565. The molecule has 1 N–H and O–H groups in total. The van der Waals surface area contributed by atoms with E-state index >= 15 is 0 Å². The monoisotopic (exact) mass is 450 g/mol. The Hall–Kier alpha value is -2.94. The van der Waals surface area contributed by atoms with E-state index in [-0.39, 0.29) is 23.2 Å². The molecule has 0 bridgehead atoms. The summed E-state index contributed by atoms with van der Waals surface area (Å²) in [6.07, 6.45) is 0.733. The minimum absolute atomic E-state index is 0.0182. The topological polar surface area (TPSA) is 94.2 Å². The molecule has 2 aromatic carbocycles. The summed E-state index contributed by atoms with van der Waals surface area (Å²) in [7, 11) is -1.18. The van der Waals surface area contributed by atoms with Crippen LogP contribution in [-0.2, 0) is 14.8 Å². The molecule has 0 fully saturated rings. The molecule has 0 spiro atoms. The highest BCUT2D eigenvalue weighted by Crippen LogP contribution is 2.32. The van der Waals surface area contributed by atoms with Crippen LogP contribution in [0.3, 0.4) is 0 Å². The van der Waals surface area contributed by atoms with Gasteiger partial charge in [-0.2, -0.15) is 0 Å².